The molecular weight excluding hydrogens is 288 g/mol. The Morgan fingerprint density at radius 3 is 1.39 bits per heavy atom. The quantitative estimate of drug-likeness (QED) is 0.330. The van der Waals surface area contributed by atoms with Gasteiger partial charge in [0, 0.05) is 0 Å². The van der Waals surface area contributed by atoms with E-state index in [9.17, 15) is 10.2 Å². The summed E-state index contributed by atoms with van der Waals surface area (Å²) in [5, 5.41) is 28.4. The molecule has 23 heavy (non-hydrogen) atoms. The Morgan fingerprint density at radius 2 is 1.04 bits per heavy atom. The third-order valence-electron chi connectivity index (χ3n) is 4.87. The van der Waals surface area contributed by atoms with Gasteiger partial charge in [-0.15, -0.1) is 0 Å². The molecule has 0 fully saturated rings. The lowest BCUT2D eigenvalue weighted by molar-refractivity contribution is -0.0951. The number of unbranched alkanes of at least 4 members (excludes halogenated alkanes) is 13. The first-order chi connectivity index (χ1) is 11.0. The molecule has 0 rings (SSSR count). The lowest BCUT2D eigenvalue weighted by Gasteiger charge is -2.26. The van der Waals surface area contributed by atoms with Crippen molar-refractivity contribution < 1.29 is 15.3 Å². The lowest BCUT2D eigenvalue weighted by atomic mass is 9.95. The van der Waals surface area contributed by atoms with Crippen LogP contribution in [0.15, 0.2) is 0 Å². The zero-order valence-corrected chi connectivity index (χ0v) is 15.7. The highest BCUT2D eigenvalue weighted by Crippen LogP contribution is 2.17. The molecule has 0 amide bonds. The van der Waals surface area contributed by atoms with Gasteiger partial charge in [-0.1, -0.05) is 96.8 Å². The third-order valence-corrected chi connectivity index (χ3v) is 4.87. The molecule has 0 saturated carbocycles. The predicted molar refractivity (Wildman–Crippen MR) is 98.6 cm³/mol. The minimum atomic E-state index is -1.35. The van der Waals surface area contributed by atoms with Gasteiger partial charge >= 0.3 is 0 Å². The number of rotatable bonds is 17. The van der Waals surface area contributed by atoms with Crippen LogP contribution in [0.25, 0.3) is 0 Å². The highest BCUT2D eigenvalue weighted by atomic mass is 16.4. The summed E-state index contributed by atoms with van der Waals surface area (Å²) < 4.78 is 0. The van der Waals surface area contributed by atoms with Crippen LogP contribution < -0.4 is 0 Å². The van der Waals surface area contributed by atoms with Gasteiger partial charge in [0.2, 0.25) is 0 Å². The maximum Gasteiger partial charge on any atom is 0.111 e. The fraction of sp³-hybridized carbons (Fsp3) is 1.00. The highest BCUT2D eigenvalue weighted by molar-refractivity contribution is 4.80. The first-order valence-electron chi connectivity index (χ1n) is 10.1. The van der Waals surface area contributed by atoms with Crippen LogP contribution in [0.1, 0.15) is 110 Å². The summed E-state index contributed by atoms with van der Waals surface area (Å²) in [6, 6.07) is 0. The van der Waals surface area contributed by atoms with Crippen molar-refractivity contribution in [3.8, 4) is 0 Å². The van der Waals surface area contributed by atoms with E-state index in [0.717, 1.165) is 12.8 Å². The molecule has 0 aliphatic carbocycles. The number of aliphatic hydroxyl groups excluding tert-OH is 2. The lowest BCUT2D eigenvalue weighted by Crippen LogP contribution is -2.42. The van der Waals surface area contributed by atoms with Crippen LogP contribution in [-0.4, -0.2) is 33.6 Å². The van der Waals surface area contributed by atoms with Crippen LogP contribution >= 0.6 is 0 Å². The second-order valence-electron chi connectivity index (χ2n) is 7.42. The molecule has 0 bridgehead atoms. The van der Waals surface area contributed by atoms with Gasteiger partial charge in [0.05, 0.1) is 12.7 Å². The van der Waals surface area contributed by atoms with Crippen molar-refractivity contribution in [2.45, 2.75) is 122 Å². The molecule has 0 radical (unpaired) electrons. The molecule has 0 aromatic heterocycles. The second-order valence-corrected chi connectivity index (χ2v) is 7.42. The predicted octanol–water partition coefficient (Wildman–Crippen LogP) is 4.96. The first-order valence-corrected chi connectivity index (χ1v) is 10.1. The Bertz CT molecular complexity index is 241. The minimum Gasteiger partial charge on any atom is -0.393 e. The zero-order valence-electron chi connectivity index (χ0n) is 15.7. The normalized spacial score (nSPS) is 15.5. The van der Waals surface area contributed by atoms with E-state index in [0.29, 0.717) is 6.42 Å². The van der Waals surface area contributed by atoms with Crippen molar-refractivity contribution in [3.63, 3.8) is 0 Å². The van der Waals surface area contributed by atoms with Gasteiger partial charge in [-0.25, -0.2) is 0 Å². The highest BCUT2D eigenvalue weighted by Gasteiger charge is 2.28. The van der Waals surface area contributed by atoms with E-state index in [1.165, 1.54) is 84.0 Å². The molecule has 0 spiro atoms. The van der Waals surface area contributed by atoms with Crippen LogP contribution in [0.3, 0.4) is 0 Å². The fourth-order valence-corrected chi connectivity index (χ4v) is 2.95. The summed E-state index contributed by atoms with van der Waals surface area (Å²) in [6.45, 7) is 3.37. The molecule has 2 unspecified atom stereocenters. The van der Waals surface area contributed by atoms with Crippen molar-refractivity contribution in [3.05, 3.63) is 0 Å². The minimum absolute atomic E-state index is 0.382. The molecule has 3 N–H and O–H groups in total. The molecule has 3 nitrogen and oxygen atoms in total. The summed E-state index contributed by atoms with van der Waals surface area (Å²) >= 11 is 0. The van der Waals surface area contributed by atoms with Crippen molar-refractivity contribution in [1.29, 1.82) is 0 Å². The number of aliphatic hydroxyl groups is 3. The van der Waals surface area contributed by atoms with E-state index >= 15 is 0 Å². The Morgan fingerprint density at radius 1 is 0.696 bits per heavy atom. The smallest absolute Gasteiger partial charge is 0.111 e. The summed E-state index contributed by atoms with van der Waals surface area (Å²) in [5.41, 5.74) is -1.35. The molecule has 0 aliphatic rings. The average molecular weight is 331 g/mol. The van der Waals surface area contributed by atoms with Gasteiger partial charge in [-0.05, 0) is 13.3 Å². The second kappa shape index (κ2) is 15.4. The van der Waals surface area contributed by atoms with E-state index in [4.69, 9.17) is 5.11 Å². The monoisotopic (exact) mass is 330 g/mol. The van der Waals surface area contributed by atoms with Gasteiger partial charge in [0.25, 0.3) is 0 Å². The van der Waals surface area contributed by atoms with Gasteiger partial charge in [-0.3, -0.25) is 0 Å². The molecule has 2 atom stereocenters. The van der Waals surface area contributed by atoms with Crippen molar-refractivity contribution in [1.82, 2.24) is 0 Å². The summed E-state index contributed by atoms with van der Waals surface area (Å²) in [7, 11) is 0. The summed E-state index contributed by atoms with van der Waals surface area (Å²) in [6.07, 6.45) is 18.1. The zero-order chi connectivity index (χ0) is 17.4. The van der Waals surface area contributed by atoms with Crippen molar-refractivity contribution in [2.75, 3.05) is 6.61 Å². The van der Waals surface area contributed by atoms with Gasteiger partial charge in [0.1, 0.15) is 5.60 Å². The third kappa shape index (κ3) is 14.0. The van der Waals surface area contributed by atoms with Crippen LogP contribution in [-0.2, 0) is 0 Å². The fourth-order valence-electron chi connectivity index (χ4n) is 2.95. The molecule has 140 valence electrons. The van der Waals surface area contributed by atoms with Crippen LogP contribution in [0.2, 0.25) is 0 Å². The van der Waals surface area contributed by atoms with Crippen molar-refractivity contribution in [2.24, 2.45) is 0 Å². The Hall–Kier alpha value is -0.120. The van der Waals surface area contributed by atoms with Crippen molar-refractivity contribution >= 4 is 0 Å². The van der Waals surface area contributed by atoms with E-state index in [-0.39, 0.29) is 6.61 Å². The Balaban J connectivity index is 3.19. The van der Waals surface area contributed by atoms with E-state index in [1.807, 2.05) is 0 Å². The van der Waals surface area contributed by atoms with Crippen LogP contribution in [0.5, 0.6) is 0 Å². The van der Waals surface area contributed by atoms with E-state index in [1.54, 1.807) is 0 Å². The molecule has 0 aromatic carbocycles. The molecular formula is C20H42O3. The molecule has 0 saturated heterocycles. The Labute approximate surface area is 144 Å². The van der Waals surface area contributed by atoms with Gasteiger partial charge < -0.3 is 15.3 Å². The maximum atomic E-state index is 9.76. The molecule has 0 aromatic rings. The maximum absolute atomic E-state index is 9.76. The van der Waals surface area contributed by atoms with Crippen LogP contribution in [0.4, 0.5) is 0 Å². The standard InChI is InChI=1S/C20H42O3/c1-3-4-5-6-7-8-9-10-11-12-13-14-15-16-17-19(22)20(2,23)18-21/h19,21-23H,3-18H2,1-2H3. The van der Waals surface area contributed by atoms with Gasteiger partial charge in [-0.2, -0.15) is 0 Å². The first kappa shape index (κ1) is 22.9. The largest absolute Gasteiger partial charge is 0.393 e. The topological polar surface area (TPSA) is 60.7 Å². The molecule has 3 heteroatoms. The molecule has 0 heterocycles. The van der Waals surface area contributed by atoms with E-state index < -0.39 is 11.7 Å². The average Bonchev–Trinajstić information content (AvgIpc) is 2.54. The van der Waals surface area contributed by atoms with E-state index in [2.05, 4.69) is 6.92 Å². The van der Waals surface area contributed by atoms with Crippen LogP contribution in [0, 0.1) is 0 Å². The number of hydrogen-bond donors (Lipinski definition) is 3. The molecule has 0 aliphatic heterocycles. The summed E-state index contributed by atoms with van der Waals surface area (Å²) in [4.78, 5) is 0. The SMILES string of the molecule is CCCCCCCCCCCCCCCCC(O)C(C)(O)CO. The summed E-state index contributed by atoms with van der Waals surface area (Å²) in [5.74, 6) is 0. The Kier molecular flexibility index (Phi) is 15.3. The van der Waals surface area contributed by atoms with Gasteiger partial charge in [0.15, 0.2) is 0 Å². The number of hydrogen-bond acceptors (Lipinski definition) is 3.